The van der Waals surface area contributed by atoms with Crippen molar-refractivity contribution in [2.45, 2.75) is 38.6 Å². The number of thioether (sulfide) groups is 1. The number of aryl methyl sites for hydroxylation is 1. The van der Waals surface area contributed by atoms with Crippen molar-refractivity contribution in [1.29, 1.82) is 0 Å². The van der Waals surface area contributed by atoms with Crippen LogP contribution in [-0.2, 0) is 11.3 Å². The molecule has 1 heterocycles. The Morgan fingerprint density at radius 1 is 1.30 bits per heavy atom. The second-order valence-electron chi connectivity index (χ2n) is 6.57. The van der Waals surface area contributed by atoms with Crippen LogP contribution in [0.25, 0.3) is 0 Å². The van der Waals surface area contributed by atoms with Gasteiger partial charge in [-0.2, -0.15) is 0 Å². The van der Waals surface area contributed by atoms with Gasteiger partial charge in [0.2, 0.25) is 5.91 Å². The highest BCUT2D eigenvalue weighted by Crippen LogP contribution is 2.29. The predicted molar refractivity (Wildman–Crippen MR) is 129 cm³/mol. The standard InChI is InChI=1S/C21H22ClIN4O2S/c1-4-27-20(14(3)29-18-8-6-5-7-16(18)22)25-26-21(27)30-12-19(28)24-17-10-9-15(23)11-13(17)2/h5-11,14H,4,12H2,1-3H3,(H,24,28)/t14-/m0/s1. The molecule has 3 rings (SSSR count). The Kier molecular flexibility index (Phi) is 8.01. The number of nitrogens with one attached hydrogen (secondary N) is 1. The van der Waals surface area contributed by atoms with Crippen LogP contribution in [0.2, 0.25) is 5.02 Å². The van der Waals surface area contributed by atoms with Crippen molar-refractivity contribution in [3.63, 3.8) is 0 Å². The minimum absolute atomic E-state index is 0.0862. The first kappa shape index (κ1) is 22.9. The molecule has 9 heteroatoms. The van der Waals surface area contributed by atoms with Crippen molar-refractivity contribution in [2.75, 3.05) is 11.1 Å². The molecule has 158 valence electrons. The van der Waals surface area contributed by atoms with Crippen LogP contribution in [0.5, 0.6) is 5.75 Å². The summed E-state index contributed by atoms with van der Waals surface area (Å²) in [6, 6.07) is 13.2. The van der Waals surface area contributed by atoms with Crippen LogP contribution in [-0.4, -0.2) is 26.4 Å². The minimum atomic E-state index is -0.338. The van der Waals surface area contributed by atoms with Crippen molar-refractivity contribution in [1.82, 2.24) is 14.8 Å². The molecule has 0 saturated heterocycles. The number of hydrogen-bond donors (Lipinski definition) is 1. The zero-order chi connectivity index (χ0) is 21.7. The Balaban J connectivity index is 1.65. The zero-order valence-corrected chi connectivity index (χ0v) is 20.6. The number of amides is 1. The molecule has 0 radical (unpaired) electrons. The lowest BCUT2D eigenvalue weighted by Crippen LogP contribution is -2.16. The van der Waals surface area contributed by atoms with Gasteiger partial charge in [-0.05, 0) is 79.3 Å². The molecule has 1 amide bonds. The van der Waals surface area contributed by atoms with E-state index in [1.165, 1.54) is 11.8 Å². The molecule has 0 bridgehead atoms. The van der Waals surface area contributed by atoms with E-state index in [-0.39, 0.29) is 17.8 Å². The number of halogens is 2. The Morgan fingerprint density at radius 2 is 2.07 bits per heavy atom. The van der Waals surface area contributed by atoms with Gasteiger partial charge in [-0.1, -0.05) is 35.5 Å². The van der Waals surface area contributed by atoms with E-state index in [0.29, 0.717) is 28.3 Å². The number of rotatable bonds is 8. The summed E-state index contributed by atoms with van der Waals surface area (Å²) in [5.74, 6) is 1.44. The number of anilines is 1. The van der Waals surface area contributed by atoms with Crippen molar-refractivity contribution in [3.05, 3.63) is 62.4 Å². The van der Waals surface area contributed by atoms with E-state index in [1.807, 2.05) is 61.7 Å². The first-order valence-corrected chi connectivity index (χ1v) is 11.9. The Labute approximate surface area is 198 Å². The van der Waals surface area contributed by atoms with E-state index in [4.69, 9.17) is 16.3 Å². The summed E-state index contributed by atoms with van der Waals surface area (Å²) in [5, 5.41) is 12.7. The number of ether oxygens (including phenoxy) is 1. The summed E-state index contributed by atoms with van der Waals surface area (Å²) in [6.07, 6.45) is -0.338. The number of aromatic nitrogens is 3. The summed E-state index contributed by atoms with van der Waals surface area (Å²) in [7, 11) is 0. The molecule has 2 aromatic carbocycles. The second-order valence-corrected chi connectivity index (χ2v) is 9.17. The lowest BCUT2D eigenvalue weighted by atomic mass is 10.2. The van der Waals surface area contributed by atoms with Gasteiger partial charge in [0.1, 0.15) is 5.75 Å². The number of benzene rings is 2. The average molecular weight is 557 g/mol. The fraction of sp³-hybridized carbons (Fsp3) is 0.286. The van der Waals surface area contributed by atoms with Crippen molar-refractivity contribution in [3.8, 4) is 5.75 Å². The highest BCUT2D eigenvalue weighted by molar-refractivity contribution is 14.1. The normalized spacial score (nSPS) is 11.9. The molecular formula is C21H22ClIN4O2S. The molecule has 0 spiro atoms. The number of nitrogens with zero attached hydrogens (tertiary/aromatic N) is 3. The molecule has 1 N–H and O–H groups in total. The van der Waals surface area contributed by atoms with Crippen LogP contribution in [0.4, 0.5) is 5.69 Å². The molecular weight excluding hydrogens is 535 g/mol. The molecule has 0 aliphatic rings. The number of carbonyl (C=O) groups is 1. The van der Waals surface area contributed by atoms with Gasteiger partial charge < -0.3 is 14.6 Å². The first-order chi connectivity index (χ1) is 14.4. The summed E-state index contributed by atoms with van der Waals surface area (Å²) in [4.78, 5) is 12.4. The fourth-order valence-corrected chi connectivity index (χ4v) is 4.51. The number of carbonyl (C=O) groups excluding carboxylic acids is 1. The third-order valence-electron chi connectivity index (χ3n) is 4.36. The summed E-state index contributed by atoms with van der Waals surface area (Å²) < 4.78 is 9.06. The third-order valence-corrected chi connectivity index (χ3v) is 6.31. The Morgan fingerprint density at radius 3 is 2.77 bits per heavy atom. The van der Waals surface area contributed by atoms with Gasteiger partial charge in [-0.15, -0.1) is 10.2 Å². The maximum atomic E-state index is 12.4. The van der Waals surface area contributed by atoms with Gasteiger partial charge in [0.25, 0.3) is 0 Å². The Bertz CT molecular complexity index is 1040. The van der Waals surface area contributed by atoms with E-state index in [9.17, 15) is 4.79 Å². The number of para-hydroxylation sites is 1. The van der Waals surface area contributed by atoms with Gasteiger partial charge in [0.15, 0.2) is 17.1 Å². The molecule has 6 nitrogen and oxygen atoms in total. The summed E-state index contributed by atoms with van der Waals surface area (Å²) >= 11 is 9.79. The van der Waals surface area contributed by atoms with Crippen LogP contribution in [0.3, 0.4) is 0 Å². The average Bonchev–Trinajstić information content (AvgIpc) is 3.13. The van der Waals surface area contributed by atoms with Crippen molar-refractivity contribution >= 4 is 57.5 Å². The van der Waals surface area contributed by atoms with Gasteiger partial charge in [-0.25, -0.2) is 0 Å². The third kappa shape index (κ3) is 5.67. The van der Waals surface area contributed by atoms with E-state index in [2.05, 4.69) is 38.1 Å². The largest absolute Gasteiger partial charge is 0.481 e. The summed E-state index contributed by atoms with van der Waals surface area (Å²) in [6.45, 7) is 6.55. The van der Waals surface area contributed by atoms with E-state index < -0.39 is 0 Å². The van der Waals surface area contributed by atoms with E-state index >= 15 is 0 Å². The highest BCUT2D eigenvalue weighted by atomic mass is 127. The van der Waals surface area contributed by atoms with E-state index in [0.717, 1.165) is 14.8 Å². The van der Waals surface area contributed by atoms with Crippen molar-refractivity contribution < 1.29 is 9.53 Å². The van der Waals surface area contributed by atoms with Gasteiger partial charge in [0.05, 0.1) is 10.8 Å². The smallest absolute Gasteiger partial charge is 0.234 e. The maximum Gasteiger partial charge on any atom is 0.234 e. The van der Waals surface area contributed by atoms with Gasteiger partial charge in [0, 0.05) is 15.8 Å². The second kappa shape index (κ2) is 10.5. The molecule has 1 aromatic heterocycles. The van der Waals surface area contributed by atoms with Crippen LogP contribution in [0, 0.1) is 10.5 Å². The first-order valence-electron chi connectivity index (χ1n) is 9.42. The fourth-order valence-electron chi connectivity index (χ4n) is 2.87. The van der Waals surface area contributed by atoms with Crippen LogP contribution in [0.1, 0.15) is 31.3 Å². The molecule has 1 atom stereocenters. The van der Waals surface area contributed by atoms with Gasteiger partial charge >= 0.3 is 0 Å². The van der Waals surface area contributed by atoms with Crippen molar-refractivity contribution in [2.24, 2.45) is 0 Å². The predicted octanol–water partition coefficient (Wildman–Crippen LogP) is 5.74. The quantitative estimate of drug-likeness (QED) is 0.283. The number of hydrogen-bond acceptors (Lipinski definition) is 5. The van der Waals surface area contributed by atoms with Crippen LogP contribution >= 0.6 is 46.0 Å². The lowest BCUT2D eigenvalue weighted by molar-refractivity contribution is -0.113. The maximum absolute atomic E-state index is 12.4. The molecule has 0 fully saturated rings. The Hall–Kier alpha value is -1.78. The molecule has 30 heavy (non-hydrogen) atoms. The molecule has 0 aliphatic heterocycles. The monoisotopic (exact) mass is 556 g/mol. The van der Waals surface area contributed by atoms with Crippen LogP contribution < -0.4 is 10.1 Å². The summed E-state index contributed by atoms with van der Waals surface area (Å²) in [5.41, 5.74) is 1.85. The topological polar surface area (TPSA) is 69.0 Å². The SMILES string of the molecule is CCn1c(SCC(=O)Nc2ccc(I)cc2C)nnc1[C@H](C)Oc1ccccc1Cl. The minimum Gasteiger partial charge on any atom is -0.481 e. The lowest BCUT2D eigenvalue weighted by Gasteiger charge is -2.16. The zero-order valence-electron chi connectivity index (χ0n) is 16.9. The molecule has 0 unspecified atom stereocenters. The molecule has 0 aliphatic carbocycles. The van der Waals surface area contributed by atoms with Crippen LogP contribution in [0.15, 0.2) is 47.6 Å². The van der Waals surface area contributed by atoms with E-state index in [1.54, 1.807) is 6.07 Å². The molecule has 3 aromatic rings. The van der Waals surface area contributed by atoms with Gasteiger partial charge in [-0.3, -0.25) is 4.79 Å². The molecule has 0 saturated carbocycles. The highest BCUT2D eigenvalue weighted by Gasteiger charge is 2.20.